The zero-order valence-electron chi connectivity index (χ0n) is 7.10. The van der Waals surface area contributed by atoms with Gasteiger partial charge in [0, 0.05) is 6.08 Å². The molecule has 3 nitrogen and oxygen atoms in total. The Morgan fingerprint density at radius 3 is 1.80 bits per heavy atom. The average Bonchev–Trinajstić information content (AvgIpc) is 1.85. The zero-order chi connectivity index (χ0) is 8.57. The summed E-state index contributed by atoms with van der Waals surface area (Å²) in [5.41, 5.74) is 0. The van der Waals surface area contributed by atoms with Crippen molar-refractivity contribution in [3.8, 4) is 0 Å². The van der Waals surface area contributed by atoms with Crippen molar-refractivity contribution < 1.29 is 14.4 Å². The maximum Gasteiger partial charge on any atom is 0.329 e. The Hall–Kier alpha value is -0.830. The minimum absolute atomic E-state index is 0.394. The fraction of sp³-hybridized carbons (Fsp3) is 0.571. The predicted octanol–water partition coefficient (Wildman–Crippen LogP) is -0.894. The summed E-state index contributed by atoms with van der Waals surface area (Å²) in [5, 5.41) is 0. The second-order valence-corrected chi connectivity index (χ2v) is 2.23. The number of methoxy groups -OCH3 is 1. The van der Waals surface area contributed by atoms with Crippen molar-refractivity contribution in [2.45, 2.75) is 0 Å². The van der Waals surface area contributed by atoms with E-state index in [2.05, 4.69) is 32.5 Å². The Kier molecular flexibility index (Phi) is 9.73. The quantitative estimate of drug-likeness (QED) is 0.384. The molecule has 10 heavy (non-hydrogen) atoms. The Morgan fingerprint density at radius 1 is 1.50 bits per heavy atom. The van der Waals surface area contributed by atoms with Crippen LogP contribution in [0.2, 0.25) is 0 Å². The summed E-state index contributed by atoms with van der Waals surface area (Å²) < 4.78 is 4.14. The first kappa shape index (κ1) is 11.9. The first-order valence-corrected chi connectivity index (χ1v) is 3.01. The Morgan fingerprint density at radius 2 is 1.80 bits per heavy atom. The molecule has 0 heterocycles. The fourth-order valence-electron chi connectivity index (χ4n) is 0.0833. The highest BCUT2D eigenvalue weighted by atomic mass is 16.5. The molecule has 0 aliphatic carbocycles. The topological polar surface area (TPSA) is 30.7 Å². The zero-order valence-corrected chi connectivity index (χ0v) is 7.10. The second kappa shape index (κ2) is 8.17. The van der Waals surface area contributed by atoms with Gasteiger partial charge in [0.05, 0.1) is 28.3 Å². The lowest BCUT2D eigenvalue weighted by atomic mass is 10.7. The first-order valence-electron chi connectivity index (χ1n) is 3.01. The van der Waals surface area contributed by atoms with Gasteiger partial charge < -0.3 is 9.64 Å². The molecule has 0 amide bonds. The number of hydrogen-bond acceptors (Lipinski definition) is 2. The van der Waals surface area contributed by atoms with Gasteiger partial charge in [-0.15, -0.1) is 0 Å². The van der Waals surface area contributed by atoms with Gasteiger partial charge in [-0.1, -0.05) is 6.58 Å². The molecule has 0 aromatic carbocycles. The van der Waals surface area contributed by atoms with Crippen molar-refractivity contribution in [1.29, 1.82) is 0 Å². The summed E-state index contributed by atoms with van der Waals surface area (Å²) in [5.74, 6) is -0.394. The average molecular weight is 146 g/mol. The molecule has 0 aliphatic heterocycles. The molecule has 0 bridgehead atoms. The van der Waals surface area contributed by atoms with E-state index in [0.717, 1.165) is 6.08 Å². The van der Waals surface area contributed by atoms with Crippen LogP contribution < -0.4 is 4.90 Å². The van der Waals surface area contributed by atoms with Crippen molar-refractivity contribution >= 4 is 5.97 Å². The summed E-state index contributed by atoms with van der Waals surface area (Å²) in [7, 11) is 7.56. The summed E-state index contributed by atoms with van der Waals surface area (Å²) >= 11 is 0. The molecule has 0 aromatic heterocycles. The number of quaternary nitrogens is 1. The lowest BCUT2D eigenvalue weighted by Crippen LogP contribution is -3.02. The van der Waals surface area contributed by atoms with Crippen LogP contribution in [0.1, 0.15) is 0 Å². The van der Waals surface area contributed by atoms with Crippen molar-refractivity contribution in [2.24, 2.45) is 0 Å². The third kappa shape index (κ3) is 27.2. The Bertz CT molecular complexity index is 97.0. The smallest absolute Gasteiger partial charge is 0.329 e. The molecule has 0 fully saturated rings. The molecular weight excluding hydrogens is 130 g/mol. The van der Waals surface area contributed by atoms with Gasteiger partial charge >= 0.3 is 5.97 Å². The monoisotopic (exact) mass is 146 g/mol. The third-order valence-electron chi connectivity index (χ3n) is 0.368. The summed E-state index contributed by atoms with van der Waals surface area (Å²) in [6, 6.07) is 0. The number of esters is 1. The van der Waals surface area contributed by atoms with Crippen molar-refractivity contribution in [3.05, 3.63) is 12.7 Å². The van der Waals surface area contributed by atoms with Crippen molar-refractivity contribution in [2.75, 3.05) is 28.3 Å². The van der Waals surface area contributed by atoms with E-state index in [1.807, 2.05) is 0 Å². The van der Waals surface area contributed by atoms with Crippen LogP contribution in [0.5, 0.6) is 0 Å². The maximum absolute atomic E-state index is 9.84. The Labute approximate surface area is 62.3 Å². The molecule has 1 N–H and O–H groups in total. The number of carbonyl (C=O) groups excluding carboxylic acids is 1. The molecule has 0 aromatic rings. The van der Waals surface area contributed by atoms with Crippen LogP contribution in [-0.2, 0) is 9.53 Å². The molecule has 0 radical (unpaired) electrons. The number of hydrogen-bond donors (Lipinski definition) is 1. The van der Waals surface area contributed by atoms with Crippen LogP contribution in [-0.4, -0.2) is 34.2 Å². The number of rotatable bonds is 1. The maximum atomic E-state index is 9.84. The second-order valence-electron chi connectivity index (χ2n) is 2.23. The lowest BCUT2D eigenvalue weighted by Gasteiger charge is -1.88. The van der Waals surface area contributed by atoms with Crippen LogP contribution in [0, 0.1) is 0 Å². The predicted molar refractivity (Wildman–Crippen MR) is 40.9 cm³/mol. The van der Waals surface area contributed by atoms with Crippen LogP contribution in [0.3, 0.4) is 0 Å². The molecule has 3 heteroatoms. The van der Waals surface area contributed by atoms with E-state index in [0.29, 0.717) is 0 Å². The van der Waals surface area contributed by atoms with E-state index in [1.54, 1.807) is 0 Å². The van der Waals surface area contributed by atoms with Crippen LogP contribution in [0.25, 0.3) is 0 Å². The molecule has 0 aliphatic rings. The molecule has 0 saturated carbocycles. The van der Waals surface area contributed by atoms with Gasteiger partial charge in [-0.2, -0.15) is 0 Å². The number of nitrogens with one attached hydrogen (secondary N) is 1. The SMILES string of the molecule is C=CC(=O)OC.C[NH+](C)C. The number of carbonyl (C=O) groups is 1. The van der Waals surface area contributed by atoms with E-state index in [4.69, 9.17) is 0 Å². The molecule has 0 rings (SSSR count). The largest absolute Gasteiger partial charge is 0.466 e. The van der Waals surface area contributed by atoms with Gasteiger partial charge in [0.15, 0.2) is 0 Å². The van der Waals surface area contributed by atoms with Gasteiger partial charge in [-0.3, -0.25) is 0 Å². The number of ether oxygens (including phenoxy) is 1. The molecule has 0 unspecified atom stereocenters. The molecule has 0 saturated heterocycles. The fourth-order valence-corrected chi connectivity index (χ4v) is 0.0833. The van der Waals surface area contributed by atoms with Crippen molar-refractivity contribution in [3.63, 3.8) is 0 Å². The van der Waals surface area contributed by atoms with Crippen LogP contribution >= 0.6 is 0 Å². The van der Waals surface area contributed by atoms with Gasteiger partial charge in [-0.05, 0) is 0 Å². The molecule has 0 spiro atoms. The van der Waals surface area contributed by atoms with Crippen LogP contribution in [0.4, 0.5) is 0 Å². The highest BCUT2D eigenvalue weighted by molar-refractivity contribution is 5.80. The van der Waals surface area contributed by atoms with E-state index >= 15 is 0 Å². The Balaban J connectivity index is 0. The van der Waals surface area contributed by atoms with Crippen LogP contribution in [0.15, 0.2) is 12.7 Å². The summed E-state index contributed by atoms with van der Waals surface area (Å²) in [6.07, 6.45) is 1.11. The van der Waals surface area contributed by atoms with E-state index in [9.17, 15) is 4.79 Å². The highest BCUT2D eigenvalue weighted by Crippen LogP contribution is 1.67. The van der Waals surface area contributed by atoms with Gasteiger partial charge in [0.2, 0.25) is 0 Å². The minimum Gasteiger partial charge on any atom is -0.466 e. The van der Waals surface area contributed by atoms with E-state index in [1.165, 1.54) is 12.0 Å². The van der Waals surface area contributed by atoms with Gasteiger partial charge in [0.1, 0.15) is 0 Å². The third-order valence-corrected chi connectivity index (χ3v) is 0.368. The highest BCUT2D eigenvalue weighted by Gasteiger charge is 1.81. The van der Waals surface area contributed by atoms with E-state index < -0.39 is 5.97 Å². The van der Waals surface area contributed by atoms with Gasteiger partial charge in [-0.25, -0.2) is 4.79 Å². The normalized spacial score (nSPS) is 7.70. The van der Waals surface area contributed by atoms with Gasteiger partial charge in [0.25, 0.3) is 0 Å². The standard InChI is InChI=1S/C4H6O2.C3H9N/c1-3-4(5)6-2;1-4(2)3/h3H,1H2,2H3;1-3H3/p+1. The minimum atomic E-state index is -0.394. The van der Waals surface area contributed by atoms with Crippen molar-refractivity contribution in [1.82, 2.24) is 0 Å². The molecular formula is C7H16NO2+. The summed E-state index contributed by atoms with van der Waals surface area (Å²) in [6.45, 7) is 3.16. The van der Waals surface area contributed by atoms with E-state index in [-0.39, 0.29) is 0 Å². The first-order chi connectivity index (χ1) is 4.54. The molecule has 60 valence electrons. The lowest BCUT2D eigenvalue weighted by molar-refractivity contribution is -0.836. The summed E-state index contributed by atoms with van der Waals surface area (Å²) in [4.78, 5) is 11.3. The molecule has 0 atom stereocenters.